The molecule has 0 spiro atoms. The molecule has 2 heterocycles. The predicted octanol–water partition coefficient (Wildman–Crippen LogP) is 0.922. The second-order valence-electron chi connectivity index (χ2n) is 3.64. The molecule has 9 nitrogen and oxygen atoms in total. The Bertz CT molecular complexity index is 657. The third-order valence-electron chi connectivity index (χ3n) is 2.29. The van der Waals surface area contributed by atoms with Gasteiger partial charge in [-0.1, -0.05) is 11.8 Å². The normalized spacial score (nSPS) is 10.2. The summed E-state index contributed by atoms with van der Waals surface area (Å²) in [7, 11) is 0. The summed E-state index contributed by atoms with van der Waals surface area (Å²) in [5, 5.41) is 27.1. The van der Waals surface area contributed by atoms with Crippen LogP contribution in [0.15, 0.2) is 9.79 Å². The van der Waals surface area contributed by atoms with Crippen LogP contribution in [-0.4, -0.2) is 36.7 Å². The molecule has 0 saturated heterocycles. The molecule has 0 aliphatic carbocycles. The van der Waals surface area contributed by atoms with Gasteiger partial charge in [0.25, 0.3) is 0 Å². The van der Waals surface area contributed by atoms with E-state index in [4.69, 9.17) is 5.26 Å². The number of nitriles is 1. The zero-order chi connectivity index (χ0) is 14.5. The van der Waals surface area contributed by atoms with Crippen LogP contribution in [-0.2, 0) is 11.3 Å². The molecule has 0 aliphatic rings. The van der Waals surface area contributed by atoms with E-state index in [9.17, 15) is 4.79 Å². The summed E-state index contributed by atoms with van der Waals surface area (Å²) in [4.78, 5) is 11.1. The molecule has 0 radical (unpaired) electrons. The molecular formula is C10H11N7O2S. The van der Waals surface area contributed by atoms with E-state index in [0.29, 0.717) is 23.2 Å². The van der Waals surface area contributed by atoms with E-state index in [1.165, 1.54) is 18.7 Å². The van der Waals surface area contributed by atoms with Gasteiger partial charge in [-0.15, -0.1) is 10.2 Å². The van der Waals surface area contributed by atoms with Crippen LogP contribution < -0.4 is 5.32 Å². The first kappa shape index (κ1) is 14.0. The van der Waals surface area contributed by atoms with Gasteiger partial charge in [0.1, 0.15) is 0 Å². The summed E-state index contributed by atoms with van der Waals surface area (Å²) in [6.45, 7) is 3.86. The van der Waals surface area contributed by atoms with Crippen molar-refractivity contribution < 1.29 is 9.42 Å². The first-order valence-corrected chi connectivity index (χ1v) is 6.69. The van der Waals surface area contributed by atoms with E-state index in [-0.39, 0.29) is 17.5 Å². The summed E-state index contributed by atoms with van der Waals surface area (Å²) in [5.74, 6) is 0.603. The molecule has 10 heteroatoms. The molecule has 1 N–H and O–H groups in total. The van der Waals surface area contributed by atoms with Crippen molar-refractivity contribution in [3.8, 4) is 17.6 Å². The Balaban J connectivity index is 2.38. The van der Waals surface area contributed by atoms with Gasteiger partial charge in [0.05, 0.1) is 11.8 Å². The van der Waals surface area contributed by atoms with Crippen molar-refractivity contribution in [2.75, 3.05) is 11.1 Å². The van der Waals surface area contributed by atoms with Gasteiger partial charge in [-0.05, 0) is 17.2 Å². The molecule has 0 saturated carbocycles. The maximum atomic E-state index is 11.1. The monoisotopic (exact) mass is 293 g/mol. The van der Waals surface area contributed by atoms with E-state index in [1.807, 2.05) is 13.0 Å². The minimum atomic E-state index is -0.288. The lowest BCUT2D eigenvalue weighted by molar-refractivity contribution is -0.114. The van der Waals surface area contributed by atoms with Crippen LogP contribution >= 0.6 is 11.8 Å². The highest BCUT2D eigenvalue weighted by Gasteiger charge is 2.21. The van der Waals surface area contributed by atoms with Crippen molar-refractivity contribution in [3.63, 3.8) is 0 Å². The van der Waals surface area contributed by atoms with Gasteiger partial charge in [-0.25, -0.2) is 4.63 Å². The molecule has 0 bridgehead atoms. The van der Waals surface area contributed by atoms with Gasteiger partial charge >= 0.3 is 0 Å². The van der Waals surface area contributed by atoms with Crippen molar-refractivity contribution >= 4 is 23.5 Å². The van der Waals surface area contributed by atoms with Crippen molar-refractivity contribution in [2.24, 2.45) is 0 Å². The second-order valence-corrected chi connectivity index (χ2v) is 4.58. The highest BCUT2D eigenvalue weighted by atomic mass is 32.2. The van der Waals surface area contributed by atoms with Crippen molar-refractivity contribution in [1.82, 2.24) is 25.1 Å². The Labute approximate surface area is 118 Å². The standard InChI is InChI=1S/C10H11N7O2S/c1-3-17-9(13-14-10(17)20-5-4-11)7-8(12-6(2)18)16-19-15-7/h3,5H2,1-2H3,(H,12,16,18). The van der Waals surface area contributed by atoms with Gasteiger partial charge in [0.2, 0.25) is 11.7 Å². The molecule has 2 aromatic heterocycles. The van der Waals surface area contributed by atoms with E-state index in [1.54, 1.807) is 4.57 Å². The summed E-state index contributed by atoms with van der Waals surface area (Å²) < 4.78 is 6.41. The highest BCUT2D eigenvalue weighted by Crippen LogP contribution is 2.26. The third-order valence-corrected chi connectivity index (χ3v) is 3.13. The zero-order valence-corrected chi connectivity index (χ0v) is 11.6. The number of carbonyl (C=O) groups is 1. The predicted molar refractivity (Wildman–Crippen MR) is 69.6 cm³/mol. The summed E-state index contributed by atoms with van der Waals surface area (Å²) >= 11 is 1.27. The lowest BCUT2D eigenvalue weighted by Gasteiger charge is -2.04. The number of nitrogens with zero attached hydrogens (tertiary/aromatic N) is 6. The van der Waals surface area contributed by atoms with Crippen molar-refractivity contribution in [1.29, 1.82) is 5.26 Å². The van der Waals surface area contributed by atoms with Crippen LogP contribution in [0, 0.1) is 11.3 Å². The smallest absolute Gasteiger partial charge is 0.222 e. The van der Waals surface area contributed by atoms with Crippen LogP contribution in [0.1, 0.15) is 13.8 Å². The van der Waals surface area contributed by atoms with E-state index in [0.717, 1.165) is 0 Å². The lowest BCUT2D eigenvalue weighted by atomic mass is 10.4. The number of thioether (sulfide) groups is 1. The van der Waals surface area contributed by atoms with Crippen LogP contribution in [0.2, 0.25) is 0 Å². The molecule has 0 aliphatic heterocycles. The van der Waals surface area contributed by atoms with Crippen molar-refractivity contribution in [2.45, 2.75) is 25.5 Å². The van der Waals surface area contributed by atoms with E-state index >= 15 is 0 Å². The van der Waals surface area contributed by atoms with Gasteiger partial charge in [0.15, 0.2) is 16.7 Å². The molecule has 0 aromatic carbocycles. The SMILES string of the molecule is CCn1c(SCC#N)nnc1-c1nonc1NC(C)=O. The maximum Gasteiger partial charge on any atom is 0.222 e. The number of rotatable bonds is 5. The number of amides is 1. The zero-order valence-electron chi connectivity index (χ0n) is 10.8. The largest absolute Gasteiger partial charge is 0.306 e. The van der Waals surface area contributed by atoms with Crippen molar-refractivity contribution in [3.05, 3.63) is 0 Å². The van der Waals surface area contributed by atoms with E-state index in [2.05, 4.69) is 30.5 Å². The molecule has 0 fully saturated rings. The molecule has 2 rings (SSSR count). The van der Waals surface area contributed by atoms with Gasteiger partial charge in [0, 0.05) is 13.5 Å². The van der Waals surface area contributed by atoms with Gasteiger partial charge in [-0.2, -0.15) is 5.26 Å². The first-order valence-electron chi connectivity index (χ1n) is 5.70. The van der Waals surface area contributed by atoms with Gasteiger partial charge in [-0.3, -0.25) is 4.79 Å². The van der Waals surface area contributed by atoms with Crippen LogP contribution in [0.3, 0.4) is 0 Å². The molecule has 20 heavy (non-hydrogen) atoms. The lowest BCUT2D eigenvalue weighted by Crippen LogP contribution is -2.08. The molecule has 0 atom stereocenters. The van der Waals surface area contributed by atoms with Crippen LogP contribution in [0.25, 0.3) is 11.5 Å². The molecule has 0 unspecified atom stereocenters. The molecular weight excluding hydrogens is 282 g/mol. The average Bonchev–Trinajstić information content (AvgIpc) is 3.01. The number of aromatic nitrogens is 5. The minimum Gasteiger partial charge on any atom is -0.306 e. The summed E-state index contributed by atoms with van der Waals surface area (Å²) in [5.41, 5.74) is 0.304. The quantitative estimate of drug-likeness (QED) is 0.807. The number of anilines is 1. The Morgan fingerprint density at radius 2 is 2.30 bits per heavy atom. The fraction of sp³-hybridized carbons (Fsp3) is 0.400. The Kier molecular flexibility index (Phi) is 4.31. The minimum absolute atomic E-state index is 0.191. The van der Waals surface area contributed by atoms with Crippen LogP contribution in [0.5, 0.6) is 0 Å². The Morgan fingerprint density at radius 1 is 1.50 bits per heavy atom. The first-order chi connectivity index (χ1) is 9.67. The molecule has 2 aromatic rings. The number of carbonyl (C=O) groups excluding carboxylic acids is 1. The Hall–Kier alpha value is -2.41. The highest BCUT2D eigenvalue weighted by molar-refractivity contribution is 7.99. The number of nitrogens with one attached hydrogen (secondary N) is 1. The maximum absolute atomic E-state index is 11.1. The molecule has 104 valence electrons. The van der Waals surface area contributed by atoms with Crippen LogP contribution in [0.4, 0.5) is 5.82 Å². The topological polar surface area (TPSA) is 123 Å². The average molecular weight is 293 g/mol. The summed E-state index contributed by atoms with van der Waals surface area (Å²) in [6.07, 6.45) is 0. The summed E-state index contributed by atoms with van der Waals surface area (Å²) in [6, 6.07) is 2.03. The fourth-order valence-corrected chi connectivity index (χ4v) is 2.20. The van der Waals surface area contributed by atoms with E-state index < -0.39 is 0 Å². The molecule has 1 amide bonds. The van der Waals surface area contributed by atoms with Gasteiger partial charge < -0.3 is 9.88 Å². The number of hydrogen-bond donors (Lipinski definition) is 1. The second kappa shape index (κ2) is 6.16. The Morgan fingerprint density at radius 3 is 2.95 bits per heavy atom. The fourth-order valence-electron chi connectivity index (χ4n) is 1.54. The third kappa shape index (κ3) is 2.77. The number of hydrogen-bond acceptors (Lipinski definition) is 8.